The molecule has 26 heavy (non-hydrogen) atoms. The number of aryl methyl sites for hydroxylation is 2. The van der Waals surface area contributed by atoms with Gasteiger partial charge in [-0.3, -0.25) is 0 Å². The summed E-state index contributed by atoms with van der Waals surface area (Å²) < 4.78 is 11.4. The number of furan rings is 1. The number of halogens is 1. The zero-order valence-electron chi connectivity index (χ0n) is 15.3. The van der Waals surface area contributed by atoms with Crippen molar-refractivity contribution in [3.8, 4) is 0 Å². The summed E-state index contributed by atoms with van der Waals surface area (Å²) >= 11 is 0. The number of para-hydroxylation sites is 1. The molecule has 0 aliphatic rings. The minimum absolute atomic E-state index is 0. The molecule has 2 aromatic heterocycles. The molecule has 2 N–H and O–H groups in total. The predicted octanol–water partition coefficient (Wildman–Crippen LogP) is 3.95. The molecule has 0 amide bonds. The fourth-order valence-corrected chi connectivity index (χ4v) is 2.56. The van der Waals surface area contributed by atoms with Crippen LogP contribution in [0.5, 0.6) is 0 Å². The van der Waals surface area contributed by atoms with E-state index in [-0.39, 0.29) is 24.0 Å². The maximum absolute atomic E-state index is 5.83. The normalized spacial score (nSPS) is 11.4. The monoisotopic (exact) mass is 468 g/mol. The highest BCUT2D eigenvalue weighted by atomic mass is 127. The van der Waals surface area contributed by atoms with Crippen LogP contribution in [0.2, 0.25) is 0 Å². The van der Waals surface area contributed by atoms with E-state index < -0.39 is 0 Å². The highest BCUT2D eigenvalue weighted by molar-refractivity contribution is 14.0. The molecule has 0 saturated heterocycles. The van der Waals surface area contributed by atoms with Crippen LogP contribution < -0.4 is 10.6 Å². The Hall–Kier alpha value is -2.03. The SMILES string of the molecule is CCNC(=NCc1nc(C)c(C)o1)NCCc1cc2ccccc2o1.I. The first-order valence-electron chi connectivity index (χ1n) is 8.58. The number of hydrogen-bond donors (Lipinski definition) is 2. The molecule has 0 unspecified atom stereocenters. The van der Waals surface area contributed by atoms with E-state index in [4.69, 9.17) is 8.83 Å². The van der Waals surface area contributed by atoms with Gasteiger partial charge < -0.3 is 19.5 Å². The van der Waals surface area contributed by atoms with Gasteiger partial charge in [-0.25, -0.2) is 9.98 Å². The summed E-state index contributed by atoms with van der Waals surface area (Å²) in [6, 6.07) is 10.1. The van der Waals surface area contributed by atoms with Crippen molar-refractivity contribution in [2.24, 2.45) is 4.99 Å². The average molecular weight is 468 g/mol. The smallest absolute Gasteiger partial charge is 0.216 e. The summed E-state index contributed by atoms with van der Waals surface area (Å²) in [5.41, 5.74) is 1.83. The number of hydrogen-bond acceptors (Lipinski definition) is 4. The van der Waals surface area contributed by atoms with Crippen molar-refractivity contribution < 1.29 is 8.83 Å². The summed E-state index contributed by atoms with van der Waals surface area (Å²) in [7, 11) is 0. The second kappa shape index (κ2) is 9.61. The lowest BCUT2D eigenvalue weighted by Gasteiger charge is -2.09. The molecule has 0 bridgehead atoms. The standard InChI is InChI=1S/C19H24N4O2.HI/c1-4-20-19(22-12-18-23-13(2)14(3)24-18)21-10-9-16-11-15-7-5-6-8-17(15)25-16;/h5-8,11H,4,9-10,12H2,1-3H3,(H2,20,21,22);1H. The quantitative estimate of drug-likeness (QED) is 0.326. The molecule has 7 heteroatoms. The van der Waals surface area contributed by atoms with Gasteiger partial charge in [-0.05, 0) is 32.9 Å². The van der Waals surface area contributed by atoms with E-state index in [9.17, 15) is 0 Å². The van der Waals surface area contributed by atoms with Crippen molar-refractivity contribution in [3.63, 3.8) is 0 Å². The zero-order chi connectivity index (χ0) is 17.6. The van der Waals surface area contributed by atoms with E-state index in [1.807, 2.05) is 39.0 Å². The maximum Gasteiger partial charge on any atom is 0.216 e. The highest BCUT2D eigenvalue weighted by Gasteiger charge is 2.06. The number of rotatable bonds is 6. The van der Waals surface area contributed by atoms with Crippen molar-refractivity contribution in [1.82, 2.24) is 15.6 Å². The molecule has 0 atom stereocenters. The highest BCUT2D eigenvalue weighted by Crippen LogP contribution is 2.18. The maximum atomic E-state index is 5.83. The number of aliphatic imine (C=N–C) groups is 1. The summed E-state index contributed by atoms with van der Waals surface area (Å²) in [5.74, 6) is 3.17. The van der Waals surface area contributed by atoms with Crippen LogP contribution >= 0.6 is 24.0 Å². The van der Waals surface area contributed by atoms with Crippen molar-refractivity contribution >= 4 is 40.9 Å². The Morgan fingerprint density at radius 3 is 2.65 bits per heavy atom. The predicted molar refractivity (Wildman–Crippen MR) is 114 cm³/mol. The Labute approximate surface area is 170 Å². The molecule has 0 saturated carbocycles. The van der Waals surface area contributed by atoms with Crippen LogP contribution in [0, 0.1) is 13.8 Å². The van der Waals surface area contributed by atoms with Crippen LogP contribution in [0.3, 0.4) is 0 Å². The third kappa shape index (κ3) is 5.23. The van der Waals surface area contributed by atoms with Gasteiger partial charge >= 0.3 is 0 Å². The van der Waals surface area contributed by atoms with Gasteiger partial charge in [0, 0.05) is 24.9 Å². The topological polar surface area (TPSA) is 75.6 Å². The van der Waals surface area contributed by atoms with Gasteiger partial charge in [-0.2, -0.15) is 0 Å². The van der Waals surface area contributed by atoms with E-state index in [1.165, 1.54) is 0 Å². The van der Waals surface area contributed by atoms with Crippen molar-refractivity contribution in [1.29, 1.82) is 0 Å². The van der Waals surface area contributed by atoms with Gasteiger partial charge in [-0.1, -0.05) is 18.2 Å². The van der Waals surface area contributed by atoms with Crippen molar-refractivity contribution in [2.45, 2.75) is 33.7 Å². The number of guanidine groups is 1. The lowest BCUT2D eigenvalue weighted by atomic mass is 10.2. The number of oxazole rings is 1. The van der Waals surface area contributed by atoms with Gasteiger partial charge in [0.25, 0.3) is 0 Å². The molecular formula is C19H25IN4O2. The zero-order valence-corrected chi connectivity index (χ0v) is 17.7. The number of nitrogens with zero attached hydrogens (tertiary/aromatic N) is 2. The van der Waals surface area contributed by atoms with E-state index >= 15 is 0 Å². The van der Waals surface area contributed by atoms with Crippen molar-refractivity contribution in [2.75, 3.05) is 13.1 Å². The van der Waals surface area contributed by atoms with Crippen LogP contribution in [0.4, 0.5) is 0 Å². The summed E-state index contributed by atoms with van der Waals surface area (Å²) in [6.07, 6.45) is 0.788. The fraction of sp³-hybridized carbons (Fsp3) is 0.368. The Morgan fingerprint density at radius 2 is 1.96 bits per heavy atom. The van der Waals surface area contributed by atoms with E-state index in [0.29, 0.717) is 12.4 Å². The molecule has 3 aromatic rings. The van der Waals surface area contributed by atoms with Gasteiger partial charge in [0.2, 0.25) is 5.89 Å². The van der Waals surface area contributed by atoms with Crippen LogP contribution in [0.1, 0.15) is 30.0 Å². The lowest BCUT2D eigenvalue weighted by molar-refractivity contribution is 0.472. The Bertz CT molecular complexity index is 817. The number of benzene rings is 1. The molecule has 1 aromatic carbocycles. The molecule has 0 aliphatic carbocycles. The summed E-state index contributed by atoms with van der Waals surface area (Å²) in [6.45, 7) is 7.81. The minimum Gasteiger partial charge on any atom is -0.461 e. The van der Waals surface area contributed by atoms with E-state index in [0.717, 1.165) is 53.7 Å². The van der Waals surface area contributed by atoms with Crippen molar-refractivity contribution in [3.05, 3.63) is 53.4 Å². The third-order valence-corrected chi connectivity index (χ3v) is 3.93. The molecule has 3 rings (SSSR count). The first kappa shape index (κ1) is 20.3. The molecule has 140 valence electrons. The summed E-state index contributed by atoms with van der Waals surface area (Å²) in [4.78, 5) is 8.87. The second-order valence-electron chi connectivity index (χ2n) is 5.87. The number of fused-ring (bicyclic) bond motifs is 1. The number of nitrogens with one attached hydrogen (secondary N) is 2. The van der Waals surface area contributed by atoms with Crippen LogP contribution in [0.25, 0.3) is 11.0 Å². The Balaban J connectivity index is 0.00000243. The van der Waals surface area contributed by atoms with E-state index in [2.05, 4.69) is 32.7 Å². The summed E-state index contributed by atoms with van der Waals surface area (Å²) in [5, 5.41) is 7.67. The van der Waals surface area contributed by atoms with Crippen LogP contribution in [-0.4, -0.2) is 24.0 Å². The van der Waals surface area contributed by atoms with Crippen LogP contribution in [-0.2, 0) is 13.0 Å². The minimum atomic E-state index is 0. The van der Waals surface area contributed by atoms with E-state index in [1.54, 1.807) is 0 Å². The molecule has 0 radical (unpaired) electrons. The average Bonchev–Trinajstić information content (AvgIpc) is 3.15. The first-order chi connectivity index (χ1) is 12.2. The third-order valence-electron chi connectivity index (χ3n) is 3.93. The van der Waals surface area contributed by atoms with Gasteiger partial charge in [0.1, 0.15) is 23.6 Å². The molecule has 6 nitrogen and oxygen atoms in total. The Kier molecular flexibility index (Phi) is 7.50. The molecule has 0 spiro atoms. The first-order valence-corrected chi connectivity index (χ1v) is 8.58. The molecular weight excluding hydrogens is 443 g/mol. The number of aromatic nitrogens is 1. The largest absolute Gasteiger partial charge is 0.461 e. The second-order valence-corrected chi connectivity index (χ2v) is 5.87. The Morgan fingerprint density at radius 1 is 1.15 bits per heavy atom. The van der Waals surface area contributed by atoms with Gasteiger partial charge in [0.05, 0.1) is 5.69 Å². The molecule has 2 heterocycles. The molecule has 0 fully saturated rings. The lowest BCUT2D eigenvalue weighted by Crippen LogP contribution is -2.38. The fourth-order valence-electron chi connectivity index (χ4n) is 2.56. The molecule has 0 aliphatic heterocycles. The van der Waals surface area contributed by atoms with Crippen LogP contribution in [0.15, 0.2) is 44.2 Å². The van der Waals surface area contributed by atoms with Gasteiger partial charge in [0.15, 0.2) is 5.96 Å². The van der Waals surface area contributed by atoms with Gasteiger partial charge in [-0.15, -0.1) is 24.0 Å².